The summed E-state index contributed by atoms with van der Waals surface area (Å²) in [5, 5.41) is 9.29. The Morgan fingerprint density at radius 1 is 1.19 bits per heavy atom. The van der Waals surface area contributed by atoms with Gasteiger partial charge in [0.05, 0.1) is 12.2 Å². The molecule has 0 atom stereocenters. The standard InChI is InChI=1S/C24H22ClN5O2/c1-15-18(25)7-5-8-19(15)26-22(31)14-29-23-12-20(27-30(23)11-10-24(29)32)17-13-28(2)21-9-4-3-6-16(17)21/h3-9,12-13H,10-11,14H2,1-2H3,(H,26,31). The minimum Gasteiger partial charge on any atom is -0.350 e. The maximum absolute atomic E-state index is 12.8. The smallest absolute Gasteiger partial charge is 0.244 e. The summed E-state index contributed by atoms with van der Waals surface area (Å²) in [5.74, 6) is 0.243. The van der Waals surface area contributed by atoms with Gasteiger partial charge in [0, 0.05) is 52.9 Å². The van der Waals surface area contributed by atoms with Crippen molar-refractivity contribution in [1.82, 2.24) is 14.3 Å². The van der Waals surface area contributed by atoms with Crippen LogP contribution in [0.25, 0.3) is 22.2 Å². The highest BCUT2D eigenvalue weighted by atomic mass is 35.5. The fraction of sp³-hybridized carbons (Fsp3) is 0.208. The molecule has 7 nitrogen and oxygen atoms in total. The molecule has 0 saturated carbocycles. The van der Waals surface area contributed by atoms with Gasteiger partial charge >= 0.3 is 0 Å². The third-order valence-corrected chi connectivity index (χ3v) is 6.30. The van der Waals surface area contributed by atoms with Crippen LogP contribution in [0.5, 0.6) is 0 Å². The number of benzene rings is 2. The molecule has 0 spiro atoms. The average Bonchev–Trinajstić information content (AvgIpc) is 3.35. The summed E-state index contributed by atoms with van der Waals surface area (Å²) in [4.78, 5) is 27.0. The lowest BCUT2D eigenvalue weighted by Crippen LogP contribution is -2.42. The molecule has 5 rings (SSSR count). The Morgan fingerprint density at radius 3 is 2.84 bits per heavy atom. The number of anilines is 2. The maximum Gasteiger partial charge on any atom is 0.244 e. The van der Waals surface area contributed by atoms with Crippen LogP contribution in [-0.2, 0) is 23.2 Å². The van der Waals surface area contributed by atoms with E-state index in [1.807, 2.05) is 38.4 Å². The predicted molar refractivity (Wildman–Crippen MR) is 126 cm³/mol. The van der Waals surface area contributed by atoms with Gasteiger partial charge in [0.15, 0.2) is 0 Å². The van der Waals surface area contributed by atoms with Gasteiger partial charge in [-0.15, -0.1) is 0 Å². The summed E-state index contributed by atoms with van der Waals surface area (Å²) in [7, 11) is 2.00. The second-order valence-corrected chi connectivity index (χ2v) is 8.38. The molecule has 1 N–H and O–H groups in total. The van der Waals surface area contributed by atoms with E-state index in [1.54, 1.807) is 22.9 Å². The number of rotatable bonds is 4. The van der Waals surface area contributed by atoms with Gasteiger partial charge < -0.3 is 9.88 Å². The Bertz CT molecular complexity index is 1370. The zero-order valence-corrected chi connectivity index (χ0v) is 18.6. The second kappa shape index (κ2) is 7.84. The van der Waals surface area contributed by atoms with E-state index in [4.69, 9.17) is 16.7 Å². The molecular formula is C24H22ClN5O2. The van der Waals surface area contributed by atoms with Crippen molar-refractivity contribution >= 4 is 45.8 Å². The Hall–Kier alpha value is -3.58. The van der Waals surface area contributed by atoms with E-state index >= 15 is 0 Å². The number of nitrogens with one attached hydrogen (secondary N) is 1. The molecule has 8 heteroatoms. The molecule has 0 unspecified atom stereocenters. The Kier molecular flexibility index (Phi) is 4.98. The van der Waals surface area contributed by atoms with Gasteiger partial charge in [-0.1, -0.05) is 35.9 Å². The minimum absolute atomic E-state index is 0.0918. The molecule has 0 bridgehead atoms. The first-order valence-electron chi connectivity index (χ1n) is 10.4. The average molecular weight is 448 g/mol. The fourth-order valence-electron chi connectivity index (χ4n) is 4.18. The van der Waals surface area contributed by atoms with E-state index in [0.717, 1.165) is 27.7 Å². The molecule has 0 radical (unpaired) electrons. The molecule has 2 aromatic heterocycles. The fourth-order valence-corrected chi connectivity index (χ4v) is 4.35. The van der Waals surface area contributed by atoms with Crippen LogP contribution < -0.4 is 10.2 Å². The van der Waals surface area contributed by atoms with Crippen molar-refractivity contribution in [2.45, 2.75) is 19.9 Å². The number of carbonyl (C=O) groups excluding carboxylic acids is 2. The zero-order valence-electron chi connectivity index (χ0n) is 17.8. The van der Waals surface area contributed by atoms with Gasteiger partial charge in [-0.25, -0.2) is 4.68 Å². The number of amides is 2. The first-order chi connectivity index (χ1) is 15.4. The van der Waals surface area contributed by atoms with E-state index in [-0.39, 0.29) is 18.4 Å². The number of hydrogen-bond donors (Lipinski definition) is 1. The molecule has 4 aromatic rings. The molecule has 1 aliphatic rings. The number of aryl methyl sites for hydroxylation is 2. The van der Waals surface area contributed by atoms with Crippen LogP contribution in [0.15, 0.2) is 54.7 Å². The molecule has 2 amide bonds. The molecule has 1 aliphatic heterocycles. The maximum atomic E-state index is 12.8. The van der Waals surface area contributed by atoms with Crippen molar-refractivity contribution in [3.05, 3.63) is 65.3 Å². The van der Waals surface area contributed by atoms with Crippen molar-refractivity contribution in [2.24, 2.45) is 7.05 Å². The Morgan fingerprint density at radius 2 is 2.00 bits per heavy atom. The summed E-state index contributed by atoms with van der Waals surface area (Å²) in [6.45, 7) is 2.24. The van der Waals surface area contributed by atoms with Crippen molar-refractivity contribution in [2.75, 3.05) is 16.8 Å². The SMILES string of the molecule is Cc1c(Cl)cccc1NC(=O)CN1C(=O)CCn2nc(-c3cn(C)c4ccccc34)cc21. The highest BCUT2D eigenvalue weighted by molar-refractivity contribution is 6.31. The number of halogens is 1. The zero-order chi connectivity index (χ0) is 22.4. The quantitative estimate of drug-likeness (QED) is 0.504. The first kappa shape index (κ1) is 20.3. The molecular weight excluding hydrogens is 426 g/mol. The molecule has 3 heterocycles. The molecule has 32 heavy (non-hydrogen) atoms. The summed E-state index contributed by atoms with van der Waals surface area (Å²) in [6, 6.07) is 15.4. The number of fused-ring (bicyclic) bond motifs is 2. The molecule has 0 aliphatic carbocycles. The monoisotopic (exact) mass is 447 g/mol. The van der Waals surface area contributed by atoms with Gasteiger partial charge in [0.2, 0.25) is 11.8 Å². The normalized spacial score (nSPS) is 13.5. The number of nitrogens with zero attached hydrogens (tertiary/aromatic N) is 4. The summed E-state index contributed by atoms with van der Waals surface area (Å²) in [6.07, 6.45) is 2.34. The van der Waals surface area contributed by atoms with Crippen molar-refractivity contribution in [3.63, 3.8) is 0 Å². The van der Waals surface area contributed by atoms with Crippen LogP contribution in [0.2, 0.25) is 5.02 Å². The van der Waals surface area contributed by atoms with Crippen LogP contribution in [0, 0.1) is 6.92 Å². The number of hydrogen-bond acceptors (Lipinski definition) is 3. The number of carbonyl (C=O) groups is 2. The lowest BCUT2D eigenvalue weighted by Gasteiger charge is -2.27. The van der Waals surface area contributed by atoms with Gasteiger partial charge in [-0.2, -0.15) is 5.10 Å². The molecule has 0 fully saturated rings. The lowest BCUT2D eigenvalue weighted by molar-refractivity contribution is -0.122. The lowest BCUT2D eigenvalue weighted by atomic mass is 10.1. The highest BCUT2D eigenvalue weighted by Crippen LogP contribution is 2.33. The van der Waals surface area contributed by atoms with Gasteiger partial charge in [0.25, 0.3) is 0 Å². The first-order valence-corrected chi connectivity index (χ1v) is 10.8. The van der Waals surface area contributed by atoms with E-state index in [9.17, 15) is 9.59 Å². The van der Waals surface area contributed by atoms with E-state index < -0.39 is 0 Å². The van der Waals surface area contributed by atoms with Crippen molar-refractivity contribution < 1.29 is 9.59 Å². The Labute approximate surface area is 190 Å². The van der Waals surface area contributed by atoms with Gasteiger partial charge in [0.1, 0.15) is 12.4 Å². The number of aromatic nitrogens is 3. The second-order valence-electron chi connectivity index (χ2n) is 7.97. The summed E-state index contributed by atoms with van der Waals surface area (Å²) < 4.78 is 3.86. The largest absolute Gasteiger partial charge is 0.350 e. The molecule has 162 valence electrons. The van der Waals surface area contributed by atoms with E-state index in [2.05, 4.69) is 22.0 Å². The summed E-state index contributed by atoms with van der Waals surface area (Å²) in [5.41, 5.74) is 4.31. The van der Waals surface area contributed by atoms with Crippen LogP contribution in [0.4, 0.5) is 11.5 Å². The predicted octanol–water partition coefficient (Wildman–Crippen LogP) is 4.38. The summed E-state index contributed by atoms with van der Waals surface area (Å²) >= 11 is 6.15. The van der Waals surface area contributed by atoms with Crippen molar-refractivity contribution in [3.8, 4) is 11.3 Å². The van der Waals surface area contributed by atoms with Crippen LogP contribution in [0.1, 0.15) is 12.0 Å². The third kappa shape index (κ3) is 3.44. The van der Waals surface area contributed by atoms with Crippen LogP contribution in [0.3, 0.4) is 0 Å². The van der Waals surface area contributed by atoms with Crippen LogP contribution >= 0.6 is 11.6 Å². The van der Waals surface area contributed by atoms with E-state index in [0.29, 0.717) is 29.5 Å². The highest BCUT2D eigenvalue weighted by Gasteiger charge is 2.29. The number of para-hydroxylation sites is 1. The minimum atomic E-state index is -0.287. The van der Waals surface area contributed by atoms with Gasteiger partial charge in [-0.3, -0.25) is 14.5 Å². The Balaban J connectivity index is 1.45. The molecule has 0 saturated heterocycles. The third-order valence-electron chi connectivity index (χ3n) is 5.89. The topological polar surface area (TPSA) is 72.2 Å². The molecule has 2 aromatic carbocycles. The van der Waals surface area contributed by atoms with E-state index in [1.165, 1.54) is 4.90 Å². The van der Waals surface area contributed by atoms with Gasteiger partial charge in [-0.05, 0) is 30.7 Å². The van der Waals surface area contributed by atoms with Crippen molar-refractivity contribution in [1.29, 1.82) is 0 Å². The van der Waals surface area contributed by atoms with Crippen LogP contribution in [-0.4, -0.2) is 32.7 Å².